The van der Waals surface area contributed by atoms with Gasteiger partial charge in [-0.25, -0.2) is 4.79 Å². The second-order valence-electron chi connectivity index (χ2n) is 3.97. The van der Waals surface area contributed by atoms with Crippen molar-refractivity contribution < 1.29 is 9.90 Å². The minimum Gasteiger partial charge on any atom is -0.478 e. The van der Waals surface area contributed by atoms with E-state index >= 15 is 0 Å². The molecule has 94 valence electrons. The van der Waals surface area contributed by atoms with Gasteiger partial charge in [-0.05, 0) is 23.8 Å². The molecule has 2 N–H and O–H groups in total. The van der Waals surface area contributed by atoms with Crippen LogP contribution in [0.3, 0.4) is 0 Å². The molecule has 4 heteroatoms. The minimum absolute atomic E-state index is 0.219. The Hall–Kier alpha value is -2.80. The summed E-state index contributed by atoms with van der Waals surface area (Å²) in [6, 6.07) is 16.0. The summed E-state index contributed by atoms with van der Waals surface area (Å²) in [6.07, 6.45) is 0. The van der Waals surface area contributed by atoms with Crippen molar-refractivity contribution >= 4 is 11.7 Å². The van der Waals surface area contributed by atoms with Crippen molar-refractivity contribution in [3.8, 4) is 6.07 Å². The first kappa shape index (κ1) is 12.7. The van der Waals surface area contributed by atoms with Gasteiger partial charge in [-0.15, -0.1) is 0 Å². The van der Waals surface area contributed by atoms with Crippen molar-refractivity contribution in [3.05, 3.63) is 65.2 Å². The average molecular weight is 252 g/mol. The number of carboxylic acid groups (broad SMARTS) is 1. The van der Waals surface area contributed by atoms with Gasteiger partial charge in [-0.3, -0.25) is 0 Å². The number of carbonyl (C=O) groups is 1. The number of nitrogens with one attached hydrogen (secondary N) is 1. The number of carboxylic acids is 1. The molecule has 0 aliphatic heterocycles. The molecule has 0 fully saturated rings. The fraction of sp³-hybridized carbons (Fsp3) is 0.0667. The Bertz CT molecular complexity index is 645. The summed E-state index contributed by atoms with van der Waals surface area (Å²) in [4.78, 5) is 11.1. The fourth-order valence-electron chi connectivity index (χ4n) is 1.80. The summed E-state index contributed by atoms with van der Waals surface area (Å²) < 4.78 is 0. The van der Waals surface area contributed by atoms with Crippen LogP contribution in [-0.2, 0) is 6.54 Å². The lowest BCUT2D eigenvalue weighted by atomic mass is 10.1. The monoisotopic (exact) mass is 252 g/mol. The highest BCUT2D eigenvalue weighted by Gasteiger charge is 2.09. The summed E-state index contributed by atoms with van der Waals surface area (Å²) in [5.74, 6) is -0.975. The van der Waals surface area contributed by atoms with Crippen LogP contribution in [0.4, 0.5) is 5.69 Å². The summed E-state index contributed by atoms with van der Waals surface area (Å²) in [7, 11) is 0. The highest BCUT2D eigenvalue weighted by atomic mass is 16.4. The molecule has 0 unspecified atom stereocenters. The Morgan fingerprint density at radius 1 is 1.16 bits per heavy atom. The lowest BCUT2D eigenvalue weighted by Crippen LogP contribution is -2.07. The number of hydrogen-bond acceptors (Lipinski definition) is 3. The number of anilines is 1. The van der Waals surface area contributed by atoms with Gasteiger partial charge >= 0.3 is 5.97 Å². The molecule has 0 atom stereocenters. The zero-order valence-corrected chi connectivity index (χ0v) is 10.1. The second kappa shape index (κ2) is 5.69. The Kier molecular flexibility index (Phi) is 3.79. The minimum atomic E-state index is -0.975. The molecule has 0 radical (unpaired) electrons. The molecule has 2 aromatic rings. The Morgan fingerprint density at radius 3 is 2.58 bits per heavy atom. The van der Waals surface area contributed by atoms with Gasteiger partial charge in [0.05, 0.1) is 17.2 Å². The molecule has 0 heterocycles. The lowest BCUT2D eigenvalue weighted by Gasteiger charge is -2.10. The molecule has 0 saturated heterocycles. The summed E-state index contributed by atoms with van der Waals surface area (Å²) >= 11 is 0. The largest absolute Gasteiger partial charge is 0.478 e. The Balaban J connectivity index is 2.20. The zero-order chi connectivity index (χ0) is 13.7. The first-order valence-corrected chi connectivity index (χ1v) is 5.76. The van der Waals surface area contributed by atoms with Crippen molar-refractivity contribution in [2.75, 3.05) is 5.32 Å². The van der Waals surface area contributed by atoms with Crippen LogP contribution < -0.4 is 5.32 Å². The van der Waals surface area contributed by atoms with Crippen molar-refractivity contribution in [1.82, 2.24) is 0 Å². The van der Waals surface area contributed by atoms with Crippen molar-refractivity contribution in [1.29, 1.82) is 5.26 Å². The molecule has 2 rings (SSSR count). The molecule has 0 spiro atoms. The van der Waals surface area contributed by atoms with Crippen LogP contribution in [-0.4, -0.2) is 11.1 Å². The topological polar surface area (TPSA) is 73.1 Å². The SMILES string of the molecule is N#Cc1ccccc1CNc1ccccc1C(=O)O. The van der Waals surface area contributed by atoms with Crippen LogP contribution in [0, 0.1) is 11.3 Å². The predicted molar refractivity (Wildman–Crippen MR) is 71.9 cm³/mol. The molecular formula is C15H12N2O2. The van der Waals surface area contributed by atoms with E-state index in [1.807, 2.05) is 12.1 Å². The van der Waals surface area contributed by atoms with Gasteiger partial charge in [0.15, 0.2) is 0 Å². The van der Waals surface area contributed by atoms with E-state index in [2.05, 4.69) is 11.4 Å². The van der Waals surface area contributed by atoms with E-state index in [0.717, 1.165) is 5.56 Å². The highest BCUT2D eigenvalue weighted by Crippen LogP contribution is 2.17. The average Bonchev–Trinajstić information content (AvgIpc) is 2.45. The van der Waals surface area contributed by atoms with E-state index in [4.69, 9.17) is 10.4 Å². The normalized spacial score (nSPS) is 9.63. The van der Waals surface area contributed by atoms with Crippen LogP contribution in [0.25, 0.3) is 0 Å². The number of benzene rings is 2. The molecule has 4 nitrogen and oxygen atoms in total. The van der Waals surface area contributed by atoms with Crippen LogP contribution in [0.1, 0.15) is 21.5 Å². The molecular weight excluding hydrogens is 240 g/mol. The summed E-state index contributed by atoms with van der Waals surface area (Å²) in [6.45, 7) is 0.411. The van der Waals surface area contributed by atoms with E-state index in [1.54, 1.807) is 36.4 Å². The maximum Gasteiger partial charge on any atom is 0.337 e. The summed E-state index contributed by atoms with van der Waals surface area (Å²) in [5.41, 5.74) is 2.19. The third-order valence-corrected chi connectivity index (χ3v) is 2.76. The molecule has 2 aromatic carbocycles. The van der Waals surface area contributed by atoms with Gasteiger partial charge in [-0.2, -0.15) is 5.26 Å². The first-order valence-electron chi connectivity index (χ1n) is 5.76. The number of para-hydroxylation sites is 1. The van der Waals surface area contributed by atoms with Crippen LogP contribution in [0.15, 0.2) is 48.5 Å². The van der Waals surface area contributed by atoms with Gasteiger partial charge in [-0.1, -0.05) is 30.3 Å². The number of aromatic carboxylic acids is 1. The number of rotatable bonds is 4. The van der Waals surface area contributed by atoms with E-state index in [-0.39, 0.29) is 5.56 Å². The van der Waals surface area contributed by atoms with Crippen LogP contribution >= 0.6 is 0 Å². The smallest absolute Gasteiger partial charge is 0.337 e. The van der Waals surface area contributed by atoms with E-state index in [1.165, 1.54) is 0 Å². The maximum atomic E-state index is 11.1. The molecule has 0 saturated carbocycles. The molecule has 19 heavy (non-hydrogen) atoms. The van der Waals surface area contributed by atoms with Gasteiger partial charge in [0.2, 0.25) is 0 Å². The van der Waals surface area contributed by atoms with E-state index in [9.17, 15) is 4.79 Å². The highest BCUT2D eigenvalue weighted by molar-refractivity contribution is 5.94. The van der Waals surface area contributed by atoms with Crippen molar-refractivity contribution in [2.45, 2.75) is 6.54 Å². The second-order valence-corrected chi connectivity index (χ2v) is 3.97. The van der Waals surface area contributed by atoms with Gasteiger partial charge in [0, 0.05) is 12.2 Å². The quantitative estimate of drug-likeness (QED) is 0.877. The number of hydrogen-bond donors (Lipinski definition) is 2. The molecule has 0 aliphatic carbocycles. The van der Waals surface area contributed by atoms with E-state index in [0.29, 0.717) is 17.8 Å². The van der Waals surface area contributed by atoms with Gasteiger partial charge in [0.25, 0.3) is 0 Å². The molecule has 0 amide bonds. The molecule has 0 aliphatic rings. The van der Waals surface area contributed by atoms with Gasteiger partial charge < -0.3 is 10.4 Å². The van der Waals surface area contributed by atoms with E-state index < -0.39 is 5.97 Å². The fourth-order valence-corrected chi connectivity index (χ4v) is 1.80. The summed E-state index contributed by atoms with van der Waals surface area (Å²) in [5, 5.41) is 21.1. The zero-order valence-electron chi connectivity index (χ0n) is 10.1. The number of nitrogens with zero attached hydrogens (tertiary/aromatic N) is 1. The van der Waals surface area contributed by atoms with Gasteiger partial charge in [0.1, 0.15) is 0 Å². The van der Waals surface area contributed by atoms with Crippen molar-refractivity contribution in [3.63, 3.8) is 0 Å². The Morgan fingerprint density at radius 2 is 1.84 bits per heavy atom. The Labute approximate surface area is 110 Å². The predicted octanol–water partition coefficient (Wildman–Crippen LogP) is 2.87. The molecule has 0 bridgehead atoms. The first-order chi connectivity index (χ1) is 9.22. The van der Waals surface area contributed by atoms with Crippen molar-refractivity contribution in [2.24, 2.45) is 0 Å². The standard InChI is InChI=1S/C15H12N2O2/c16-9-11-5-1-2-6-12(11)10-17-14-8-4-3-7-13(14)15(18)19/h1-8,17H,10H2,(H,18,19). The van der Waals surface area contributed by atoms with Crippen LogP contribution in [0.2, 0.25) is 0 Å². The number of nitriles is 1. The third kappa shape index (κ3) is 2.90. The van der Waals surface area contributed by atoms with Crippen LogP contribution in [0.5, 0.6) is 0 Å². The maximum absolute atomic E-state index is 11.1. The molecule has 0 aromatic heterocycles. The third-order valence-electron chi connectivity index (χ3n) is 2.76. The lowest BCUT2D eigenvalue weighted by molar-refractivity contribution is 0.0698.